The molecule has 31 heavy (non-hydrogen) atoms. The Hall–Kier alpha value is -3.58. The second kappa shape index (κ2) is 9.06. The van der Waals surface area contributed by atoms with Crippen LogP contribution in [0.5, 0.6) is 5.75 Å². The summed E-state index contributed by atoms with van der Waals surface area (Å²) in [5.41, 5.74) is 2.16. The molecule has 3 aromatic rings. The normalized spacial score (nSPS) is 16.1. The lowest BCUT2D eigenvalue weighted by Gasteiger charge is -2.09. The zero-order valence-electron chi connectivity index (χ0n) is 16.8. The lowest BCUT2D eigenvalue weighted by molar-refractivity contribution is -0.136. The highest BCUT2D eigenvalue weighted by molar-refractivity contribution is 8.18. The molecule has 0 bridgehead atoms. The largest absolute Gasteiger partial charge is 0.493 e. The summed E-state index contributed by atoms with van der Waals surface area (Å²) in [7, 11) is 0. The van der Waals surface area contributed by atoms with Crippen molar-refractivity contribution in [3.63, 3.8) is 0 Å². The number of amides is 1. The maximum absolute atomic E-state index is 12.5. The van der Waals surface area contributed by atoms with Crippen LogP contribution in [0.4, 0.5) is 5.69 Å². The van der Waals surface area contributed by atoms with Gasteiger partial charge in [0.2, 0.25) is 0 Å². The second-order valence-electron chi connectivity index (χ2n) is 6.89. The Morgan fingerprint density at radius 2 is 1.84 bits per heavy atom. The van der Waals surface area contributed by atoms with Gasteiger partial charge in [-0.2, -0.15) is 0 Å². The number of hydrogen-bond acceptors (Lipinski definition) is 5. The number of aliphatic imine (C=N–C) groups is 1. The van der Waals surface area contributed by atoms with E-state index in [2.05, 4.69) is 10.3 Å². The summed E-state index contributed by atoms with van der Waals surface area (Å²) in [4.78, 5) is 28.3. The number of carboxylic acids is 1. The Labute approximate surface area is 183 Å². The van der Waals surface area contributed by atoms with Crippen molar-refractivity contribution < 1.29 is 19.4 Å². The summed E-state index contributed by atoms with van der Waals surface area (Å²) in [5, 5.41) is 14.3. The number of hydrogen-bond donors (Lipinski definition) is 2. The van der Waals surface area contributed by atoms with E-state index in [4.69, 9.17) is 9.84 Å². The number of carbonyl (C=O) groups is 2. The number of aliphatic carboxylic acids is 1. The standard InChI is InChI=1S/C24H20N2O4S/c1-2-30-20-13-17-6-4-3-5-16(17)12-18(20)14-21-23(29)26-24(31-21)25-19-9-7-15(8-10-19)11-22(27)28/h3-10,12-14H,2,11H2,1H3,(H,27,28)(H,25,26,29). The molecular formula is C24H20N2O4S. The quantitative estimate of drug-likeness (QED) is 0.549. The van der Waals surface area contributed by atoms with E-state index in [1.165, 1.54) is 11.8 Å². The van der Waals surface area contributed by atoms with Crippen molar-refractivity contribution >= 4 is 51.3 Å². The first-order valence-electron chi connectivity index (χ1n) is 9.78. The number of fused-ring (bicyclic) bond motifs is 1. The van der Waals surface area contributed by atoms with Crippen LogP contribution in [0.3, 0.4) is 0 Å². The molecule has 1 aliphatic heterocycles. The molecule has 1 heterocycles. The van der Waals surface area contributed by atoms with E-state index in [-0.39, 0.29) is 12.3 Å². The molecule has 0 aliphatic carbocycles. The van der Waals surface area contributed by atoms with Crippen molar-refractivity contribution in [2.45, 2.75) is 13.3 Å². The third kappa shape index (κ3) is 4.95. The van der Waals surface area contributed by atoms with Gasteiger partial charge in [-0.05, 0) is 65.4 Å². The van der Waals surface area contributed by atoms with Gasteiger partial charge in [0.1, 0.15) is 5.75 Å². The average Bonchev–Trinajstić information content (AvgIpc) is 3.08. The molecule has 0 radical (unpaired) electrons. The van der Waals surface area contributed by atoms with Gasteiger partial charge in [-0.3, -0.25) is 9.59 Å². The van der Waals surface area contributed by atoms with E-state index in [1.54, 1.807) is 24.3 Å². The Balaban J connectivity index is 1.60. The van der Waals surface area contributed by atoms with Gasteiger partial charge in [-0.25, -0.2) is 4.99 Å². The maximum Gasteiger partial charge on any atom is 0.307 e. The van der Waals surface area contributed by atoms with Gasteiger partial charge in [0.05, 0.1) is 23.6 Å². The van der Waals surface area contributed by atoms with Crippen LogP contribution in [-0.2, 0) is 16.0 Å². The Morgan fingerprint density at radius 1 is 1.13 bits per heavy atom. The maximum atomic E-state index is 12.5. The highest BCUT2D eigenvalue weighted by atomic mass is 32.2. The monoisotopic (exact) mass is 432 g/mol. The fourth-order valence-corrected chi connectivity index (χ4v) is 4.06. The van der Waals surface area contributed by atoms with Gasteiger partial charge >= 0.3 is 5.97 Å². The predicted molar refractivity (Wildman–Crippen MR) is 124 cm³/mol. The SMILES string of the molecule is CCOc1cc2ccccc2cc1C=C1SC(=Nc2ccc(CC(=O)O)cc2)NC1=O. The van der Waals surface area contributed by atoms with E-state index in [0.29, 0.717) is 27.9 Å². The highest BCUT2D eigenvalue weighted by Crippen LogP contribution is 2.33. The lowest BCUT2D eigenvalue weighted by atomic mass is 10.1. The summed E-state index contributed by atoms with van der Waals surface area (Å²) in [6, 6.07) is 18.9. The van der Waals surface area contributed by atoms with E-state index >= 15 is 0 Å². The van der Waals surface area contributed by atoms with Crippen LogP contribution in [0.2, 0.25) is 0 Å². The smallest absolute Gasteiger partial charge is 0.307 e. The fourth-order valence-electron chi connectivity index (χ4n) is 3.23. The van der Waals surface area contributed by atoms with Crippen molar-refractivity contribution in [3.05, 3.63) is 76.7 Å². The summed E-state index contributed by atoms with van der Waals surface area (Å²) >= 11 is 1.26. The predicted octanol–water partition coefficient (Wildman–Crippen LogP) is 4.76. The van der Waals surface area contributed by atoms with Crippen LogP contribution < -0.4 is 10.1 Å². The molecule has 4 rings (SSSR count). The molecule has 3 aromatic carbocycles. The number of carboxylic acid groups (broad SMARTS) is 1. The molecule has 1 fully saturated rings. The molecule has 6 nitrogen and oxygen atoms in total. The van der Waals surface area contributed by atoms with Crippen molar-refractivity contribution in [1.82, 2.24) is 5.32 Å². The molecular weight excluding hydrogens is 412 g/mol. The number of nitrogens with one attached hydrogen (secondary N) is 1. The van der Waals surface area contributed by atoms with Crippen molar-refractivity contribution in [2.24, 2.45) is 4.99 Å². The molecule has 0 saturated carbocycles. The number of amidine groups is 1. The third-order valence-corrected chi connectivity index (χ3v) is 5.55. The Kier molecular flexibility index (Phi) is 6.04. The van der Waals surface area contributed by atoms with Crippen LogP contribution in [0.15, 0.2) is 70.6 Å². The van der Waals surface area contributed by atoms with Crippen LogP contribution in [0.1, 0.15) is 18.1 Å². The fraction of sp³-hybridized carbons (Fsp3) is 0.125. The van der Waals surface area contributed by atoms with Gasteiger partial charge in [-0.1, -0.05) is 36.4 Å². The molecule has 7 heteroatoms. The van der Waals surface area contributed by atoms with Crippen molar-refractivity contribution in [3.8, 4) is 5.75 Å². The minimum absolute atomic E-state index is 0.0385. The number of benzene rings is 3. The highest BCUT2D eigenvalue weighted by Gasteiger charge is 2.24. The molecule has 0 spiro atoms. The minimum Gasteiger partial charge on any atom is -0.493 e. The van der Waals surface area contributed by atoms with Crippen LogP contribution in [0.25, 0.3) is 16.8 Å². The first kappa shape index (κ1) is 20.7. The van der Waals surface area contributed by atoms with E-state index in [1.807, 2.05) is 49.4 Å². The minimum atomic E-state index is -0.882. The van der Waals surface area contributed by atoms with Crippen LogP contribution in [0, 0.1) is 0 Å². The van der Waals surface area contributed by atoms with Crippen LogP contribution >= 0.6 is 11.8 Å². The Morgan fingerprint density at radius 3 is 2.52 bits per heavy atom. The second-order valence-corrected chi connectivity index (χ2v) is 7.92. The van der Waals surface area contributed by atoms with Gasteiger partial charge < -0.3 is 15.2 Å². The van der Waals surface area contributed by atoms with Gasteiger partial charge in [0, 0.05) is 5.56 Å². The van der Waals surface area contributed by atoms with E-state index in [9.17, 15) is 9.59 Å². The zero-order valence-corrected chi connectivity index (χ0v) is 17.6. The number of carbonyl (C=O) groups excluding carboxylic acids is 1. The topological polar surface area (TPSA) is 88.0 Å². The lowest BCUT2D eigenvalue weighted by Crippen LogP contribution is -2.19. The first-order valence-corrected chi connectivity index (χ1v) is 10.6. The van der Waals surface area contributed by atoms with Crippen molar-refractivity contribution in [1.29, 1.82) is 0 Å². The molecule has 2 N–H and O–H groups in total. The average molecular weight is 433 g/mol. The molecule has 0 aromatic heterocycles. The first-order chi connectivity index (χ1) is 15.0. The molecule has 1 saturated heterocycles. The summed E-state index contributed by atoms with van der Waals surface area (Å²) in [5.74, 6) is -0.379. The molecule has 0 unspecified atom stereocenters. The molecule has 156 valence electrons. The van der Waals surface area contributed by atoms with Gasteiger partial charge in [0.25, 0.3) is 5.91 Å². The molecule has 0 atom stereocenters. The number of thioether (sulfide) groups is 1. The molecule has 1 aliphatic rings. The van der Waals surface area contributed by atoms with Gasteiger partial charge in [0.15, 0.2) is 5.17 Å². The van der Waals surface area contributed by atoms with E-state index in [0.717, 1.165) is 22.1 Å². The molecule has 1 amide bonds. The Bertz CT molecular complexity index is 1220. The van der Waals surface area contributed by atoms with Crippen LogP contribution in [-0.4, -0.2) is 28.8 Å². The van der Waals surface area contributed by atoms with Gasteiger partial charge in [-0.15, -0.1) is 0 Å². The third-order valence-electron chi connectivity index (χ3n) is 4.64. The van der Waals surface area contributed by atoms with E-state index < -0.39 is 5.97 Å². The zero-order chi connectivity index (χ0) is 21.8. The summed E-state index contributed by atoms with van der Waals surface area (Å²) in [6.07, 6.45) is 1.78. The number of nitrogens with zero attached hydrogens (tertiary/aromatic N) is 1. The summed E-state index contributed by atoms with van der Waals surface area (Å²) in [6.45, 7) is 2.45. The number of rotatable bonds is 6. The summed E-state index contributed by atoms with van der Waals surface area (Å²) < 4.78 is 5.79. The van der Waals surface area contributed by atoms with Crippen molar-refractivity contribution in [2.75, 3.05) is 6.61 Å². The number of ether oxygens (including phenoxy) is 1.